The lowest BCUT2D eigenvalue weighted by Gasteiger charge is -2.14. The van der Waals surface area contributed by atoms with Gasteiger partial charge in [0.15, 0.2) is 0 Å². The highest BCUT2D eigenvalue weighted by Crippen LogP contribution is 2.37. The van der Waals surface area contributed by atoms with Crippen molar-refractivity contribution in [3.8, 4) is 5.75 Å². The summed E-state index contributed by atoms with van der Waals surface area (Å²) in [6, 6.07) is 3.41. The minimum atomic E-state index is -4.54. The van der Waals surface area contributed by atoms with Gasteiger partial charge in [0.1, 0.15) is 5.75 Å². The fourth-order valence-corrected chi connectivity index (χ4v) is 1.80. The average Bonchev–Trinajstić information content (AvgIpc) is 2.38. The van der Waals surface area contributed by atoms with Crippen molar-refractivity contribution in [1.82, 2.24) is 0 Å². The van der Waals surface area contributed by atoms with E-state index in [1.807, 2.05) is 0 Å². The van der Waals surface area contributed by atoms with Crippen LogP contribution in [0.5, 0.6) is 5.75 Å². The van der Waals surface area contributed by atoms with E-state index < -0.39 is 11.7 Å². The summed E-state index contributed by atoms with van der Waals surface area (Å²) < 4.78 is 43.0. The first-order valence-electron chi connectivity index (χ1n) is 5.99. The maximum atomic E-state index is 12.8. The number of anilines is 1. The van der Waals surface area contributed by atoms with Crippen molar-refractivity contribution < 1.29 is 22.7 Å². The number of ether oxygens (including phenoxy) is 1. The normalized spacial score (nSPS) is 11.2. The third kappa shape index (κ3) is 4.92. The quantitative estimate of drug-likeness (QED) is 0.635. The third-order valence-corrected chi connectivity index (χ3v) is 2.84. The zero-order valence-electron chi connectivity index (χ0n) is 10.9. The molecule has 0 aromatic heterocycles. The summed E-state index contributed by atoms with van der Waals surface area (Å²) in [7, 11) is 1.16. The van der Waals surface area contributed by atoms with Gasteiger partial charge in [-0.1, -0.05) is 0 Å². The van der Waals surface area contributed by atoms with Crippen molar-refractivity contribution in [2.75, 3.05) is 18.3 Å². The van der Waals surface area contributed by atoms with Gasteiger partial charge in [-0.15, -0.1) is 11.6 Å². The van der Waals surface area contributed by atoms with Gasteiger partial charge in [-0.25, -0.2) is 0 Å². The fraction of sp³-hybridized carbons (Fsp3) is 0.462. The number of hydrogen-bond donors (Lipinski definition) is 1. The van der Waals surface area contributed by atoms with E-state index >= 15 is 0 Å². The van der Waals surface area contributed by atoms with E-state index in [9.17, 15) is 18.0 Å². The molecule has 0 aliphatic rings. The average molecular weight is 310 g/mol. The molecule has 0 radical (unpaired) electrons. The minimum Gasteiger partial charge on any atom is -0.496 e. The van der Waals surface area contributed by atoms with Crippen molar-refractivity contribution in [1.29, 1.82) is 0 Å². The van der Waals surface area contributed by atoms with Crippen LogP contribution < -0.4 is 10.1 Å². The zero-order valence-corrected chi connectivity index (χ0v) is 11.6. The lowest BCUT2D eigenvalue weighted by molar-refractivity contribution is -0.138. The minimum absolute atomic E-state index is 0.0917. The number of amides is 1. The number of hydrogen-bond acceptors (Lipinski definition) is 2. The summed E-state index contributed by atoms with van der Waals surface area (Å²) in [5.74, 6) is -0.167. The number of unbranched alkanes of at least 4 members (excludes halogenated alkanes) is 1. The Morgan fingerprint density at radius 1 is 1.35 bits per heavy atom. The first-order valence-corrected chi connectivity index (χ1v) is 6.53. The largest absolute Gasteiger partial charge is 0.496 e. The van der Waals surface area contributed by atoms with Gasteiger partial charge in [0, 0.05) is 18.0 Å². The van der Waals surface area contributed by atoms with Crippen LogP contribution in [0.3, 0.4) is 0 Å². The Morgan fingerprint density at radius 3 is 2.60 bits per heavy atom. The number of benzene rings is 1. The summed E-state index contributed by atoms with van der Waals surface area (Å²) in [4.78, 5) is 11.5. The monoisotopic (exact) mass is 309 g/mol. The number of methoxy groups -OCH3 is 1. The molecule has 0 unspecified atom stereocenters. The number of halogens is 4. The summed E-state index contributed by atoms with van der Waals surface area (Å²) in [5, 5.41) is 2.43. The highest BCUT2D eigenvalue weighted by molar-refractivity contribution is 6.17. The van der Waals surface area contributed by atoms with E-state index in [2.05, 4.69) is 10.1 Å². The first kappa shape index (κ1) is 16.6. The Kier molecular flexibility index (Phi) is 6.13. The second-order valence-electron chi connectivity index (χ2n) is 4.11. The highest BCUT2D eigenvalue weighted by Gasteiger charge is 2.34. The lowest BCUT2D eigenvalue weighted by Crippen LogP contribution is -2.13. The molecular formula is C13H15ClF3NO2. The number of alkyl halides is 4. The molecule has 1 aromatic carbocycles. The fourth-order valence-electron chi connectivity index (χ4n) is 1.61. The van der Waals surface area contributed by atoms with Gasteiger partial charge >= 0.3 is 6.18 Å². The van der Waals surface area contributed by atoms with Gasteiger partial charge in [0.05, 0.1) is 12.7 Å². The molecule has 0 aliphatic heterocycles. The predicted octanol–water partition coefficient (Wildman–Crippen LogP) is 4.06. The molecule has 7 heteroatoms. The molecule has 0 fully saturated rings. The second-order valence-corrected chi connectivity index (χ2v) is 4.49. The Bertz CT molecular complexity index is 463. The van der Waals surface area contributed by atoms with Crippen molar-refractivity contribution in [3.05, 3.63) is 23.8 Å². The van der Waals surface area contributed by atoms with E-state index in [1.165, 1.54) is 12.1 Å². The molecule has 1 aromatic rings. The van der Waals surface area contributed by atoms with Crippen LogP contribution in [0.25, 0.3) is 0 Å². The van der Waals surface area contributed by atoms with Crippen LogP contribution in [0.4, 0.5) is 18.9 Å². The number of carbonyl (C=O) groups is 1. The summed E-state index contributed by atoms with van der Waals surface area (Å²) in [6.45, 7) is 0. The van der Waals surface area contributed by atoms with Crippen molar-refractivity contribution in [2.45, 2.75) is 25.4 Å². The maximum Gasteiger partial charge on any atom is 0.420 e. The van der Waals surface area contributed by atoms with Crippen molar-refractivity contribution >= 4 is 23.2 Å². The number of rotatable bonds is 6. The molecule has 1 amide bonds. The molecule has 0 heterocycles. The molecule has 0 saturated heterocycles. The Morgan fingerprint density at radius 2 is 2.05 bits per heavy atom. The lowest BCUT2D eigenvalue weighted by atomic mass is 10.1. The Balaban J connectivity index is 2.79. The van der Waals surface area contributed by atoms with E-state index in [0.717, 1.165) is 13.2 Å². The van der Waals surface area contributed by atoms with Crippen LogP contribution in [-0.2, 0) is 11.0 Å². The maximum absolute atomic E-state index is 12.8. The van der Waals surface area contributed by atoms with Crippen LogP contribution in [-0.4, -0.2) is 18.9 Å². The molecule has 0 atom stereocenters. The molecule has 0 saturated carbocycles. The van der Waals surface area contributed by atoms with Crippen molar-refractivity contribution in [2.24, 2.45) is 0 Å². The number of carbonyl (C=O) groups excluding carboxylic acids is 1. The smallest absolute Gasteiger partial charge is 0.420 e. The van der Waals surface area contributed by atoms with Gasteiger partial charge in [-0.2, -0.15) is 13.2 Å². The molecule has 1 rings (SSSR count). The molecule has 0 aliphatic carbocycles. The molecule has 0 bridgehead atoms. The van der Waals surface area contributed by atoms with E-state index in [1.54, 1.807) is 0 Å². The van der Waals surface area contributed by atoms with Gasteiger partial charge in [-0.3, -0.25) is 4.79 Å². The molecule has 1 N–H and O–H groups in total. The summed E-state index contributed by atoms with van der Waals surface area (Å²) in [5.41, 5.74) is -0.826. The SMILES string of the molecule is COc1ccc(NC(=O)CCCCCl)cc1C(F)(F)F. The van der Waals surface area contributed by atoms with Crippen LogP contribution >= 0.6 is 11.6 Å². The van der Waals surface area contributed by atoms with Crippen LogP contribution in [0, 0.1) is 0 Å². The molecule has 112 valence electrons. The molecule has 20 heavy (non-hydrogen) atoms. The Hall–Kier alpha value is -1.43. The summed E-state index contributed by atoms with van der Waals surface area (Å²) >= 11 is 5.48. The highest BCUT2D eigenvalue weighted by atomic mass is 35.5. The first-order chi connectivity index (χ1) is 9.38. The van der Waals surface area contributed by atoms with Gasteiger partial charge in [0.2, 0.25) is 5.91 Å². The summed E-state index contributed by atoms with van der Waals surface area (Å²) in [6.07, 6.45) is -3.03. The van der Waals surface area contributed by atoms with Gasteiger partial charge in [-0.05, 0) is 31.0 Å². The Labute approximate surface area is 120 Å². The van der Waals surface area contributed by atoms with Crippen LogP contribution in [0.2, 0.25) is 0 Å². The molecular weight excluding hydrogens is 295 g/mol. The van der Waals surface area contributed by atoms with E-state index in [-0.39, 0.29) is 23.8 Å². The van der Waals surface area contributed by atoms with Crippen LogP contribution in [0.15, 0.2) is 18.2 Å². The third-order valence-electron chi connectivity index (χ3n) is 2.58. The van der Waals surface area contributed by atoms with E-state index in [0.29, 0.717) is 18.7 Å². The topological polar surface area (TPSA) is 38.3 Å². The molecule has 0 spiro atoms. The van der Waals surface area contributed by atoms with E-state index in [4.69, 9.17) is 11.6 Å². The predicted molar refractivity (Wildman–Crippen MR) is 71.2 cm³/mol. The number of nitrogens with one attached hydrogen (secondary N) is 1. The van der Waals surface area contributed by atoms with Gasteiger partial charge < -0.3 is 10.1 Å². The van der Waals surface area contributed by atoms with Crippen molar-refractivity contribution in [3.63, 3.8) is 0 Å². The second kappa shape index (κ2) is 7.38. The van der Waals surface area contributed by atoms with Crippen LogP contribution in [0.1, 0.15) is 24.8 Å². The van der Waals surface area contributed by atoms with Gasteiger partial charge in [0.25, 0.3) is 0 Å². The zero-order chi connectivity index (χ0) is 15.2. The standard InChI is InChI=1S/C13H15ClF3NO2/c1-20-11-6-5-9(8-10(11)13(15,16)17)18-12(19)4-2-3-7-14/h5-6,8H,2-4,7H2,1H3,(H,18,19). The molecule has 3 nitrogen and oxygen atoms in total.